The molecule has 0 radical (unpaired) electrons. The summed E-state index contributed by atoms with van der Waals surface area (Å²) in [5, 5.41) is 7.49. The zero-order valence-electron chi connectivity index (χ0n) is 11.7. The Kier molecular flexibility index (Phi) is 9.22. The Hall–Kier alpha value is -0.350. The highest BCUT2D eigenvalue weighted by Crippen LogP contribution is 2.17. The van der Waals surface area contributed by atoms with E-state index in [-0.39, 0.29) is 0 Å². The van der Waals surface area contributed by atoms with E-state index in [2.05, 4.69) is 17.6 Å². The lowest BCUT2D eigenvalue weighted by atomic mass is 9.96. The van der Waals surface area contributed by atoms with Crippen molar-refractivity contribution in [3.05, 3.63) is 0 Å². The second-order valence-electron chi connectivity index (χ2n) is 5.05. The van der Waals surface area contributed by atoms with Crippen LogP contribution in [0.5, 0.6) is 0 Å². The zero-order chi connectivity index (χ0) is 13.1. The molecule has 0 atom stereocenters. The number of unbranched alkanes of at least 4 members (excludes halogenated alkanes) is 1. The van der Waals surface area contributed by atoms with Gasteiger partial charge in [-0.25, -0.2) is 0 Å². The van der Waals surface area contributed by atoms with Crippen molar-refractivity contribution in [3.8, 4) is 0 Å². The van der Waals surface area contributed by atoms with Crippen molar-refractivity contribution < 1.29 is 4.74 Å². The SMILES string of the molecule is CCCCOCCCNC(=S)NC1CCCCC1. The molecule has 0 bridgehead atoms. The summed E-state index contributed by atoms with van der Waals surface area (Å²) in [4.78, 5) is 0. The highest BCUT2D eigenvalue weighted by Gasteiger charge is 2.13. The van der Waals surface area contributed by atoms with Gasteiger partial charge in [0.15, 0.2) is 5.11 Å². The van der Waals surface area contributed by atoms with Gasteiger partial charge in [0.05, 0.1) is 0 Å². The van der Waals surface area contributed by atoms with Crippen molar-refractivity contribution in [1.29, 1.82) is 0 Å². The molecule has 18 heavy (non-hydrogen) atoms. The first-order valence-electron chi connectivity index (χ1n) is 7.45. The molecule has 106 valence electrons. The minimum Gasteiger partial charge on any atom is -0.381 e. The zero-order valence-corrected chi connectivity index (χ0v) is 12.5. The number of ether oxygens (including phenoxy) is 1. The van der Waals surface area contributed by atoms with Crippen LogP contribution >= 0.6 is 12.2 Å². The van der Waals surface area contributed by atoms with E-state index in [9.17, 15) is 0 Å². The fraction of sp³-hybridized carbons (Fsp3) is 0.929. The smallest absolute Gasteiger partial charge is 0.166 e. The highest BCUT2D eigenvalue weighted by molar-refractivity contribution is 7.80. The lowest BCUT2D eigenvalue weighted by molar-refractivity contribution is 0.129. The largest absolute Gasteiger partial charge is 0.381 e. The van der Waals surface area contributed by atoms with Gasteiger partial charge in [-0.3, -0.25) is 0 Å². The van der Waals surface area contributed by atoms with E-state index in [0.717, 1.165) is 37.7 Å². The standard InChI is InChI=1S/C14H28N2OS/c1-2-3-11-17-12-7-10-15-14(18)16-13-8-5-4-6-9-13/h13H,2-12H2,1H3,(H2,15,16,18). The van der Waals surface area contributed by atoms with Gasteiger partial charge in [-0.1, -0.05) is 32.6 Å². The third-order valence-electron chi connectivity index (χ3n) is 3.33. The third kappa shape index (κ3) is 7.88. The van der Waals surface area contributed by atoms with E-state index in [1.807, 2.05) is 0 Å². The van der Waals surface area contributed by atoms with Crippen LogP contribution in [0.1, 0.15) is 58.3 Å². The first kappa shape index (κ1) is 15.7. The van der Waals surface area contributed by atoms with Gasteiger partial charge in [0, 0.05) is 25.8 Å². The molecule has 0 aromatic rings. The van der Waals surface area contributed by atoms with Crippen LogP contribution in [0.2, 0.25) is 0 Å². The molecule has 1 rings (SSSR count). The van der Waals surface area contributed by atoms with Gasteiger partial charge in [-0.15, -0.1) is 0 Å². The van der Waals surface area contributed by atoms with Gasteiger partial charge in [-0.2, -0.15) is 0 Å². The second-order valence-corrected chi connectivity index (χ2v) is 5.46. The van der Waals surface area contributed by atoms with E-state index in [0.29, 0.717) is 6.04 Å². The fourth-order valence-electron chi connectivity index (χ4n) is 2.21. The van der Waals surface area contributed by atoms with Gasteiger partial charge in [0.1, 0.15) is 0 Å². The van der Waals surface area contributed by atoms with Crippen molar-refractivity contribution >= 4 is 17.3 Å². The molecular formula is C14H28N2OS. The second kappa shape index (κ2) is 10.6. The Morgan fingerprint density at radius 2 is 1.89 bits per heavy atom. The molecule has 4 heteroatoms. The number of nitrogens with one attached hydrogen (secondary N) is 2. The molecule has 0 saturated heterocycles. The van der Waals surface area contributed by atoms with Gasteiger partial charge in [-0.05, 0) is 37.9 Å². The van der Waals surface area contributed by atoms with Crippen LogP contribution in [-0.2, 0) is 4.74 Å². The summed E-state index contributed by atoms with van der Waals surface area (Å²) in [6, 6.07) is 0.597. The van der Waals surface area contributed by atoms with Crippen molar-refractivity contribution in [2.45, 2.75) is 64.3 Å². The molecule has 0 amide bonds. The molecule has 2 N–H and O–H groups in total. The first-order valence-corrected chi connectivity index (χ1v) is 7.86. The maximum atomic E-state index is 5.50. The van der Waals surface area contributed by atoms with Crippen LogP contribution in [-0.4, -0.2) is 30.9 Å². The van der Waals surface area contributed by atoms with Crippen LogP contribution in [0.3, 0.4) is 0 Å². The predicted molar refractivity (Wildman–Crippen MR) is 81.0 cm³/mol. The molecule has 1 aliphatic carbocycles. The Morgan fingerprint density at radius 1 is 1.17 bits per heavy atom. The van der Waals surface area contributed by atoms with Crippen LogP contribution in [0.4, 0.5) is 0 Å². The molecule has 0 aromatic heterocycles. The number of rotatable bonds is 8. The molecular weight excluding hydrogens is 244 g/mol. The summed E-state index contributed by atoms with van der Waals surface area (Å²) >= 11 is 5.29. The molecule has 0 unspecified atom stereocenters. The van der Waals surface area contributed by atoms with Crippen molar-refractivity contribution in [2.75, 3.05) is 19.8 Å². The molecule has 0 spiro atoms. The average molecular weight is 272 g/mol. The first-order chi connectivity index (χ1) is 8.83. The number of thiocarbonyl (C=S) groups is 1. The monoisotopic (exact) mass is 272 g/mol. The normalized spacial score (nSPS) is 16.5. The quantitative estimate of drug-likeness (QED) is 0.526. The van der Waals surface area contributed by atoms with Gasteiger partial charge in [0.2, 0.25) is 0 Å². The summed E-state index contributed by atoms with van der Waals surface area (Å²) in [6.45, 7) is 4.81. The van der Waals surface area contributed by atoms with E-state index in [4.69, 9.17) is 17.0 Å². The summed E-state index contributed by atoms with van der Waals surface area (Å²) in [5.74, 6) is 0. The molecule has 0 aliphatic heterocycles. The highest BCUT2D eigenvalue weighted by atomic mass is 32.1. The van der Waals surface area contributed by atoms with Crippen molar-refractivity contribution in [1.82, 2.24) is 10.6 Å². The third-order valence-corrected chi connectivity index (χ3v) is 3.60. The Labute approximate surface area is 117 Å². The number of hydrogen-bond donors (Lipinski definition) is 2. The minimum atomic E-state index is 0.597. The minimum absolute atomic E-state index is 0.597. The van der Waals surface area contributed by atoms with Crippen LogP contribution < -0.4 is 10.6 Å². The van der Waals surface area contributed by atoms with Crippen LogP contribution in [0, 0.1) is 0 Å². The van der Waals surface area contributed by atoms with Crippen LogP contribution in [0.25, 0.3) is 0 Å². The maximum Gasteiger partial charge on any atom is 0.166 e. The van der Waals surface area contributed by atoms with Gasteiger partial charge in [0.25, 0.3) is 0 Å². The molecule has 0 aromatic carbocycles. The van der Waals surface area contributed by atoms with E-state index < -0.39 is 0 Å². The summed E-state index contributed by atoms with van der Waals surface area (Å²) in [5.41, 5.74) is 0. The summed E-state index contributed by atoms with van der Waals surface area (Å²) < 4.78 is 5.50. The Morgan fingerprint density at radius 3 is 2.61 bits per heavy atom. The Bertz CT molecular complexity index is 218. The molecule has 1 saturated carbocycles. The molecule has 1 fully saturated rings. The lowest BCUT2D eigenvalue weighted by Crippen LogP contribution is -2.43. The lowest BCUT2D eigenvalue weighted by Gasteiger charge is -2.24. The Balaban J connectivity index is 1.90. The van der Waals surface area contributed by atoms with E-state index in [1.54, 1.807) is 0 Å². The average Bonchev–Trinajstić information content (AvgIpc) is 2.39. The summed E-state index contributed by atoms with van der Waals surface area (Å²) in [6.07, 6.45) is 9.98. The van der Waals surface area contributed by atoms with Crippen molar-refractivity contribution in [3.63, 3.8) is 0 Å². The van der Waals surface area contributed by atoms with Crippen LogP contribution in [0.15, 0.2) is 0 Å². The maximum absolute atomic E-state index is 5.50. The molecule has 1 aliphatic rings. The number of hydrogen-bond acceptors (Lipinski definition) is 2. The van der Waals surface area contributed by atoms with Gasteiger partial charge < -0.3 is 15.4 Å². The fourth-order valence-corrected chi connectivity index (χ4v) is 2.48. The molecule has 0 heterocycles. The summed E-state index contributed by atoms with van der Waals surface area (Å²) in [7, 11) is 0. The van der Waals surface area contributed by atoms with Gasteiger partial charge >= 0.3 is 0 Å². The van der Waals surface area contributed by atoms with E-state index in [1.165, 1.54) is 38.5 Å². The topological polar surface area (TPSA) is 33.3 Å². The van der Waals surface area contributed by atoms with Crippen molar-refractivity contribution in [2.24, 2.45) is 0 Å². The van der Waals surface area contributed by atoms with E-state index >= 15 is 0 Å². The molecule has 3 nitrogen and oxygen atoms in total. The predicted octanol–water partition coefficient (Wildman–Crippen LogP) is 2.99.